The van der Waals surface area contributed by atoms with Crippen molar-refractivity contribution in [2.75, 3.05) is 4.90 Å². The zero-order valence-electron chi connectivity index (χ0n) is 19.8. The smallest absolute Gasteiger partial charge is 0.416 e. The molecular weight excluding hydrogens is 471 g/mol. The number of hydrogen-bond acceptors (Lipinski definition) is 4. The monoisotopic (exact) mass is 495 g/mol. The Morgan fingerprint density at radius 2 is 1.64 bits per heavy atom. The van der Waals surface area contributed by atoms with Gasteiger partial charge in [-0.2, -0.15) is 13.2 Å². The van der Waals surface area contributed by atoms with Gasteiger partial charge in [0.25, 0.3) is 11.7 Å². The number of rotatable bonds is 5. The van der Waals surface area contributed by atoms with Gasteiger partial charge in [0.15, 0.2) is 0 Å². The third-order valence-electron chi connectivity index (χ3n) is 5.88. The molecule has 1 aliphatic rings. The molecule has 1 N–H and O–H groups in total. The molecule has 3 aromatic rings. The van der Waals surface area contributed by atoms with E-state index in [0.717, 1.165) is 17.0 Å². The molecule has 4 rings (SSSR count). The van der Waals surface area contributed by atoms with E-state index in [1.54, 1.807) is 55.5 Å². The van der Waals surface area contributed by atoms with Gasteiger partial charge in [-0.1, -0.05) is 30.3 Å². The number of amides is 1. The maximum Gasteiger partial charge on any atom is 0.416 e. The summed E-state index contributed by atoms with van der Waals surface area (Å²) in [5.41, 5.74) is 0.227. The van der Waals surface area contributed by atoms with E-state index in [1.807, 2.05) is 13.8 Å². The van der Waals surface area contributed by atoms with Gasteiger partial charge >= 0.3 is 6.18 Å². The number of aryl methyl sites for hydroxylation is 1. The van der Waals surface area contributed by atoms with Gasteiger partial charge in [-0.3, -0.25) is 14.5 Å². The van der Waals surface area contributed by atoms with Crippen molar-refractivity contribution in [3.8, 4) is 5.75 Å². The maximum atomic E-state index is 13.4. The van der Waals surface area contributed by atoms with E-state index >= 15 is 0 Å². The van der Waals surface area contributed by atoms with Gasteiger partial charge in [0, 0.05) is 11.3 Å². The highest BCUT2D eigenvalue weighted by atomic mass is 19.4. The lowest BCUT2D eigenvalue weighted by Gasteiger charge is -2.27. The summed E-state index contributed by atoms with van der Waals surface area (Å²) in [5.74, 6) is -1.88. The maximum absolute atomic E-state index is 13.4. The predicted molar refractivity (Wildman–Crippen MR) is 130 cm³/mol. The number of halogens is 3. The van der Waals surface area contributed by atoms with Gasteiger partial charge in [-0.15, -0.1) is 0 Å². The van der Waals surface area contributed by atoms with E-state index in [1.165, 1.54) is 12.1 Å². The van der Waals surface area contributed by atoms with Crippen LogP contribution in [0.5, 0.6) is 5.75 Å². The molecule has 1 heterocycles. The van der Waals surface area contributed by atoms with Crippen molar-refractivity contribution in [3.05, 3.63) is 101 Å². The Morgan fingerprint density at radius 1 is 0.972 bits per heavy atom. The van der Waals surface area contributed by atoms with Crippen molar-refractivity contribution in [1.82, 2.24) is 0 Å². The number of aliphatic hydroxyl groups excluding tert-OH is 1. The van der Waals surface area contributed by atoms with Gasteiger partial charge in [-0.05, 0) is 74.4 Å². The minimum atomic E-state index is -4.64. The van der Waals surface area contributed by atoms with Crippen molar-refractivity contribution in [2.45, 2.75) is 39.1 Å². The van der Waals surface area contributed by atoms with Crippen LogP contribution in [0, 0.1) is 6.92 Å². The second kappa shape index (κ2) is 9.53. The SMILES string of the molecule is Cc1ccccc1C1/C(=C(\O)c2ccc(OC(C)C)cc2)C(=O)C(=O)N1c1cccc(C(F)(F)F)c1. The van der Waals surface area contributed by atoms with Gasteiger partial charge in [0.1, 0.15) is 11.5 Å². The molecule has 1 fully saturated rings. The predicted octanol–water partition coefficient (Wildman–Crippen LogP) is 6.43. The molecule has 1 amide bonds. The molecule has 186 valence electrons. The highest BCUT2D eigenvalue weighted by molar-refractivity contribution is 6.51. The van der Waals surface area contributed by atoms with E-state index in [0.29, 0.717) is 16.9 Å². The number of ketones is 1. The summed E-state index contributed by atoms with van der Waals surface area (Å²) in [4.78, 5) is 27.5. The summed E-state index contributed by atoms with van der Waals surface area (Å²) in [6.45, 7) is 5.50. The molecule has 0 aliphatic carbocycles. The fraction of sp³-hybridized carbons (Fsp3) is 0.214. The van der Waals surface area contributed by atoms with Crippen molar-refractivity contribution in [1.29, 1.82) is 0 Å². The van der Waals surface area contributed by atoms with Crippen LogP contribution in [0.1, 0.15) is 42.1 Å². The Balaban J connectivity index is 1.90. The first-order chi connectivity index (χ1) is 17.0. The van der Waals surface area contributed by atoms with Gasteiger partial charge in [0.05, 0.1) is 23.3 Å². The molecule has 8 heteroatoms. The van der Waals surface area contributed by atoms with Crippen LogP contribution in [-0.4, -0.2) is 22.9 Å². The number of Topliss-reactive ketones (excluding diaryl/α,β-unsaturated/α-hetero) is 1. The van der Waals surface area contributed by atoms with Crippen LogP contribution in [-0.2, 0) is 15.8 Å². The molecule has 0 radical (unpaired) electrons. The van der Waals surface area contributed by atoms with Gasteiger partial charge in [0.2, 0.25) is 0 Å². The largest absolute Gasteiger partial charge is 0.507 e. The highest BCUT2D eigenvalue weighted by Gasteiger charge is 2.47. The van der Waals surface area contributed by atoms with Crippen LogP contribution >= 0.6 is 0 Å². The van der Waals surface area contributed by atoms with Gasteiger partial charge in [-0.25, -0.2) is 0 Å². The van der Waals surface area contributed by atoms with Crippen LogP contribution < -0.4 is 9.64 Å². The van der Waals surface area contributed by atoms with Crippen LogP contribution in [0.15, 0.2) is 78.4 Å². The summed E-state index contributed by atoms with van der Waals surface area (Å²) >= 11 is 0. The first kappa shape index (κ1) is 25.0. The molecule has 5 nitrogen and oxygen atoms in total. The minimum absolute atomic E-state index is 0.0664. The number of carbonyl (C=O) groups excluding carboxylic acids is 2. The lowest BCUT2D eigenvalue weighted by atomic mass is 9.92. The molecule has 0 spiro atoms. The van der Waals surface area contributed by atoms with Crippen molar-refractivity contribution in [2.24, 2.45) is 0 Å². The first-order valence-electron chi connectivity index (χ1n) is 11.3. The normalized spacial score (nSPS) is 17.6. The fourth-order valence-electron chi connectivity index (χ4n) is 4.24. The van der Waals surface area contributed by atoms with Crippen molar-refractivity contribution >= 4 is 23.1 Å². The molecule has 36 heavy (non-hydrogen) atoms. The molecule has 1 unspecified atom stereocenters. The van der Waals surface area contributed by atoms with Crippen LogP contribution in [0.25, 0.3) is 5.76 Å². The summed E-state index contributed by atoms with van der Waals surface area (Å²) in [7, 11) is 0. The molecule has 1 atom stereocenters. The number of hydrogen-bond donors (Lipinski definition) is 1. The molecule has 1 saturated heterocycles. The Hall–Kier alpha value is -4.07. The van der Waals surface area contributed by atoms with Crippen LogP contribution in [0.2, 0.25) is 0 Å². The molecule has 0 saturated carbocycles. The third-order valence-corrected chi connectivity index (χ3v) is 5.88. The quantitative estimate of drug-likeness (QED) is 0.252. The third kappa shape index (κ3) is 4.71. The van der Waals surface area contributed by atoms with E-state index in [2.05, 4.69) is 0 Å². The number of alkyl halides is 3. The van der Waals surface area contributed by atoms with Crippen LogP contribution in [0.4, 0.5) is 18.9 Å². The van der Waals surface area contributed by atoms with E-state index in [-0.39, 0.29) is 22.9 Å². The second-order valence-electron chi connectivity index (χ2n) is 8.76. The number of ether oxygens (including phenoxy) is 1. The van der Waals surface area contributed by atoms with E-state index in [9.17, 15) is 27.9 Å². The Kier molecular flexibility index (Phi) is 6.63. The standard InChI is InChI=1S/C28H24F3NO4/c1-16(2)36-21-13-11-18(12-14-21)25(33)23-24(22-10-5-4-7-17(22)3)32(27(35)26(23)34)20-9-6-8-19(15-20)28(29,30)31/h4-16,24,33H,1-3H3/b25-23+. The fourth-order valence-corrected chi connectivity index (χ4v) is 4.24. The summed E-state index contributed by atoms with van der Waals surface area (Å²) in [6, 6.07) is 16.4. The number of benzene rings is 3. The summed E-state index contributed by atoms with van der Waals surface area (Å²) in [5, 5.41) is 11.2. The number of anilines is 1. The lowest BCUT2D eigenvalue weighted by molar-refractivity contribution is -0.137. The summed E-state index contributed by atoms with van der Waals surface area (Å²) < 4.78 is 45.9. The average molecular weight is 495 g/mol. The topological polar surface area (TPSA) is 66.8 Å². The van der Waals surface area contributed by atoms with Crippen molar-refractivity contribution in [3.63, 3.8) is 0 Å². The van der Waals surface area contributed by atoms with Crippen LogP contribution in [0.3, 0.4) is 0 Å². The highest BCUT2D eigenvalue weighted by Crippen LogP contribution is 2.44. The Morgan fingerprint density at radius 3 is 2.25 bits per heavy atom. The zero-order chi connectivity index (χ0) is 26.2. The zero-order valence-corrected chi connectivity index (χ0v) is 19.8. The number of nitrogens with zero attached hydrogens (tertiary/aromatic N) is 1. The molecular formula is C28H24F3NO4. The second-order valence-corrected chi connectivity index (χ2v) is 8.76. The average Bonchev–Trinajstić information content (AvgIpc) is 3.09. The number of aliphatic hydroxyl groups is 1. The molecule has 0 aromatic heterocycles. The molecule has 3 aromatic carbocycles. The first-order valence-corrected chi connectivity index (χ1v) is 11.3. The lowest BCUT2D eigenvalue weighted by Crippen LogP contribution is -2.30. The molecule has 1 aliphatic heterocycles. The Labute approximate surface area is 206 Å². The van der Waals surface area contributed by atoms with E-state index < -0.39 is 35.2 Å². The number of carbonyl (C=O) groups is 2. The Bertz CT molecular complexity index is 1340. The van der Waals surface area contributed by atoms with Gasteiger partial charge < -0.3 is 9.84 Å². The summed E-state index contributed by atoms with van der Waals surface area (Å²) in [6.07, 6.45) is -4.70. The minimum Gasteiger partial charge on any atom is -0.507 e. The van der Waals surface area contributed by atoms with Crippen molar-refractivity contribution < 1.29 is 32.6 Å². The van der Waals surface area contributed by atoms with E-state index in [4.69, 9.17) is 4.74 Å². The molecule has 0 bridgehead atoms.